The predicted octanol–water partition coefficient (Wildman–Crippen LogP) is 5.91. The topological polar surface area (TPSA) is 3.24 Å². The van der Waals surface area contributed by atoms with Gasteiger partial charge in [-0.2, -0.15) is 0 Å². The molecule has 0 bridgehead atoms. The largest absolute Gasteiger partial charge is 0.303 e. The van der Waals surface area contributed by atoms with Gasteiger partial charge in [-0.3, -0.25) is 0 Å². The molecule has 0 amide bonds. The van der Waals surface area contributed by atoms with Crippen molar-refractivity contribution in [2.45, 2.75) is 79.6 Å². The summed E-state index contributed by atoms with van der Waals surface area (Å²) >= 11 is 0. The molecule has 0 saturated heterocycles. The van der Waals surface area contributed by atoms with Crippen molar-refractivity contribution in [1.82, 2.24) is 4.90 Å². The van der Waals surface area contributed by atoms with Gasteiger partial charge in [0, 0.05) is 6.54 Å². The number of rotatable bonds is 13. The minimum absolute atomic E-state index is 0.832. The van der Waals surface area contributed by atoms with Gasteiger partial charge in [0.1, 0.15) is 0 Å². The molecule has 0 rings (SSSR count). The van der Waals surface area contributed by atoms with E-state index in [1.165, 1.54) is 64.6 Å². The fourth-order valence-electron chi connectivity index (χ4n) is 2.94. The summed E-state index contributed by atoms with van der Waals surface area (Å²) in [6, 6.07) is 0. The van der Waals surface area contributed by atoms with Crippen LogP contribution in [0.1, 0.15) is 79.6 Å². The molecule has 0 fully saturated rings. The fourth-order valence-corrected chi connectivity index (χ4v) is 2.94. The third-order valence-corrected chi connectivity index (χ3v) is 4.07. The van der Waals surface area contributed by atoms with E-state index in [4.69, 9.17) is 0 Å². The number of nitrogens with zero attached hydrogens (tertiary/aromatic N) is 1. The molecular weight excluding hydrogens is 242 g/mol. The Morgan fingerprint density at radius 2 is 1.55 bits per heavy atom. The molecule has 0 aliphatic carbocycles. The van der Waals surface area contributed by atoms with Crippen LogP contribution in [0.15, 0.2) is 12.2 Å². The molecule has 2 atom stereocenters. The molecule has 0 saturated carbocycles. The molecule has 20 heavy (non-hydrogen) atoms. The average molecular weight is 282 g/mol. The van der Waals surface area contributed by atoms with E-state index in [-0.39, 0.29) is 0 Å². The molecule has 0 aromatic rings. The number of hydrogen-bond donors (Lipinski definition) is 0. The third kappa shape index (κ3) is 10.5. The highest BCUT2D eigenvalue weighted by molar-refractivity contribution is 4.83. The van der Waals surface area contributed by atoms with Gasteiger partial charge in [-0.05, 0) is 57.0 Å². The summed E-state index contributed by atoms with van der Waals surface area (Å²) in [5.74, 6) is 1.71. The van der Waals surface area contributed by atoms with Crippen molar-refractivity contribution in [3.63, 3.8) is 0 Å². The Labute approximate surface area is 128 Å². The summed E-state index contributed by atoms with van der Waals surface area (Å²) in [5, 5.41) is 0. The van der Waals surface area contributed by atoms with E-state index in [0.717, 1.165) is 11.8 Å². The molecular formula is C19H39N. The van der Waals surface area contributed by atoms with Gasteiger partial charge in [-0.1, -0.05) is 59.6 Å². The van der Waals surface area contributed by atoms with Crippen LogP contribution in [0.25, 0.3) is 0 Å². The first-order valence-electron chi connectivity index (χ1n) is 9.05. The van der Waals surface area contributed by atoms with Crippen molar-refractivity contribution in [1.29, 1.82) is 0 Å². The summed E-state index contributed by atoms with van der Waals surface area (Å²) in [6.07, 6.45) is 13.8. The quantitative estimate of drug-likeness (QED) is 0.379. The molecule has 0 spiro atoms. The standard InChI is InChI=1S/C19H39N/c1-6-10-11-12-13-18(5)16-19(9-4)17-20(14-7-2)15-8-3/h11-12,18-19H,6-10,13-17H2,1-5H3/b12-11+. The maximum Gasteiger partial charge on any atom is 0.000965 e. The summed E-state index contributed by atoms with van der Waals surface area (Å²) in [7, 11) is 0. The van der Waals surface area contributed by atoms with Crippen LogP contribution in [0, 0.1) is 11.8 Å². The van der Waals surface area contributed by atoms with Gasteiger partial charge in [0.25, 0.3) is 0 Å². The maximum absolute atomic E-state index is 2.67. The minimum atomic E-state index is 0.832. The van der Waals surface area contributed by atoms with Crippen LogP contribution < -0.4 is 0 Å². The van der Waals surface area contributed by atoms with Gasteiger partial charge >= 0.3 is 0 Å². The van der Waals surface area contributed by atoms with E-state index < -0.39 is 0 Å². The maximum atomic E-state index is 2.67. The number of allylic oxidation sites excluding steroid dienone is 2. The van der Waals surface area contributed by atoms with Gasteiger partial charge in [-0.25, -0.2) is 0 Å². The van der Waals surface area contributed by atoms with Gasteiger partial charge in [0.05, 0.1) is 0 Å². The smallest absolute Gasteiger partial charge is 0.000965 e. The van der Waals surface area contributed by atoms with Crippen LogP contribution in [0.4, 0.5) is 0 Å². The molecule has 0 aliphatic heterocycles. The fraction of sp³-hybridized carbons (Fsp3) is 0.895. The molecule has 0 aliphatic rings. The first kappa shape index (κ1) is 19.7. The second kappa shape index (κ2) is 13.7. The van der Waals surface area contributed by atoms with E-state index in [2.05, 4.69) is 51.7 Å². The highest BCUT2D eigenvalue weighted by Gasteiger charge is 2.14. The molecule has 0 N–H and O–H groups in total. The summed E-state index contributed by atoms with van der Waals surface area (Å²) in [6.45, 7) is 15.5. The third-order valence-electron chi connectivity index (χ3n) is 4.07. The van der Waals surface area contributed by atoms with Crippen molar-refractivity contribution < 1.29 is 0 Å². The number of hydrogen-bond acceptors (Lipinski definition) is 1. The van der Waals surface area contributed by atoms with E-state index >= 15 is 0 Å². The van der Waals surface area contributed by atoms with Crippen molar-refractivity contribution in [2.75, 3.05) is 19.6 Å². The van der Waals surface area contributed by atoms with Crippen LogP contribution in [0.5, 0.6) is 0 Å². The van der Waals surface area contributed by atoms with Gasteiger partial charge in [-0.15, -0.1) is 0 Å². The first-order valence-corrected chi connectivity index (χ1v) is 9.05. The molecule has 0 aromatic heterocycles. The minimum Gasteiger partial charge on any atom is -0.303 e. The Kier molecular flexibility index (Phi) is 13.5. The Bertz CT molecular complexity index is 216. The van der Waals surface area contributed by atoms with Gasteiger partial charge in [0.2, 0.25) is 0 Å². The molecule has 0 aromatic carbocycles. The average Bonchev–Trinajstić information content (AvgIpc) is 2.43. The molecule has 2 unspecified atom stereocenters. The van der Waals surface area contributed by atoms with E-state index in [1.54, 1.807) is 0 Å². The van der Waals surface area contributed by atoms with Crippen molar-refractivity contribution in [2.24, 2.45) is 11.8 Å². The van der Waals surface area contributed by atoms with Crippen LogP contribution in [0.3, 0.4) is 0 Å². The molecule has 0 heterocycles. The van der Waals surface area contributed by atoms with Crippen LogP contribution >= 0.6 is 0 Å². The van der Waals surface area contributed by atoms with E-state index in [9.17, 15) is 0 Å². The van der Waals surface area contributed by atoms with Crippen LogP contribution in [-0.2, 0) is 0 Å². The second-order valence-electron chi connectivity index (χ2n) is 6.41. The zero-order valence-corrected chi connectivity index (χ0v) is 14.8. The highest BCUT2D eigenvalue weighted by atomic mass is 15.1. The lowest BCUT2D eigenvalue weighted by atomic mass is 9.91. The zero-order valence-electron chi connectivity index (χ0n) is 14.8. The van der Waals surface area contributed by atoms with Crippen LogP contribution in [-0.4, -0.2) is 24.5 Å². The van der Waals surface area contributed by atoms with Crippen molar-refractivity contribution in [3.8, 4) is 0 Å². The summed E-state index contributed by atoms with van der Waals surface area (Å²) in [4.78, 5) is 2.67. The second-order valence-corrected chi connectivity index (χ2v) is 6.41. The SMILES string of the molecule is CCC/C=C/CC(C)CC(CC)CN(CCC)CCC. The summed E-state index contributed by atoms with van der Waals surface area (Å²) in [5.41, 5.74) is 0. The monoisotopic (exact) mass is 281 g/mol. The normalized spacial score (nSPS) is 15.1. The molecule has 1 heteroatoms. The summed E-state index contributed by atoms with van der Waals surface area (Å²) < 4.78 is 0. The Balaban J connectivity index is 4.10. The number of unbranched alkanes of at least 4 members (excludes halogenated alkanes) is 1. The van der Waals surface area contributed by atoms with E-state index in [0.29, 0.717) is 0 Å². The molecule has 120 valence electrons. The zero-order chi connectivity index (χ0) is 15.2. The van der Waals surface area contributed by atoms with Gasteiger partial charge in [0.15, 0.2) is 0 Å². The van der Waals surface area contributed by atoms with Crippen LogP contribution in [0.2, 0.25) is 0 Å². The Morgan fingerprint density at radius 3 is 2.05 bits per heavy atom. The lowest BCUT2D eigenvalue weighted by molar-refractivity contribution is 0.209. The highest BCUT2D eigenvalue weighted by Crippen LogP contribution is 2.20. The molecule has 1 nitrogen and oxygen atoms in total. The van der Waals surface area contributed by atoms with Crippen molar-refractivity contribution in [3.05, 3.63) is 12.2 Å². The van der Waals surface area contributed by atoms with E-state index in [1.807, 2.05) is 0 Å². The van der Waals surface area contributed by atoms with Gasteiger partial charge < -0.3 is 4.90 Å². The Hall–Kier alpha value is -0.300. The lowest BCUT2D eigenvalue weighted by Gasteiger charge is -2.27. The van der Waals surface area contributed by atoms with Crippen molar-refractivity contribution >= 4 is 0 Å². The first-order chi connectivity index (χ1) is 9.67. The predicted molar refractivity (Wildman–Crippen MR) is 93.2 cm³/mol. The molecule has 0 radical (unpaired) electrons. The Morgan fingerprint density at radius 1 is 0.900 bits per heavy atom. The lowest BCUT2D eigenvalue weighted by Crippen LogP contribution is -2.31.